The zero-order valence-corrected chi connectivity index (χ0v) is 22.8. The van der Waals surface area contributed by atoms with Crippen molar-refractivity contribution in [3.63, 3.8) is 0 Å². The Hall–Kier alpha value is -1.57. The summed E-state index contributed by atoms with van der Waals surface area (Å²) in [7, 11) is 0. The van der Waals surface area contributed by atoms with Crippen LogP contribution in [0.4, 0.5) is 0 Å². The van der Waals surface area contributed by atoms with E-state index in [0.29, 0.717) is 0 Å². The predicted molar refractivity (Wildman–Crippen MR) is 148 cm³/mol. The number of nitrogens with zero attached hydrogens (tertiary/aromatic N) is 2. The highest BCUT2D eigenvalue weighted by Gasteiger charge is 2.16. The minimum atomic E-state index is 1.14. The molecule has 2 nitrogen and oxygen atoms in total. The van der Waals surface area contributed by atoms with Gasteiger partial charge in [0.25, 0.3) is 5.82 Å². The second-order valence-electron chi connectivity index (χ2n) is 10.4. The molecular formula is C32H55N2+. The predicted octanol–water partition coefficient (Wildman–Crippen LogP) is 9.23. The van der Waals surface area contributed by atoms with Gasteiger partial charge in [-0.2, -0.15) is 0 Å². The zero-order chi connectivity index (χ0) is 24.1. The molecule has 2 heteroatoms. The SMILES string of the molecule is CCCCCCCCCCCCCCCCc1n(CCCC)cc[n+]1CCCc1ccccc1. The zero-order valence-electron chi connectivity index (χ0n) is 22.8. The first-order valence-corrected chi connectivity index (χ1v) is 15.0. The van der Waals surface area contributed by atoms with Gasteiger partial charge in [-0.15, -0.1) is 0 Å². The van der Waals surface area contributed by atoms with Crippen molar-refractivity contribution >= 4 is 0 Å². The third-order valence-corrected chi connectivity index (χ3v) is 7.30. The molecule has 2 aromatic rings. The van der Waals surface area contributed by atoms with E-state index in [1.165, 1.54) is 134 Å². The molecule has 0 fully saturated rings. The van der Waals surface area contributed by atoms with E-state index in [-0.39, 0.29) is 0 Å². The Labute approximate surface area is 212 Å². The maximum Gasteiger partial charge on any atom is 0.256 e. The Bertz CT molecular complexity index is 703. The lowest BCUT2D eigenvalue weighted by molar-refractivity contribution is -0.704. The van der Waals surface area contributed by atoms with Gasteiger partial charge < -0.3 is 0 Å². The molecule has 1 aromatic carbocycles. The molecule has 0 aliphatic carbocycles. The van der Waals surface area contributed by atoms with E-state index < -0.39 is 0 Å². The summed E-state index contributed by atoms with van der Waals surface area (Å²) in [6.45, 7) is 6.92. The number of benzene rings is 1. The molecule has 192 valence electrons. The Balaban J connectivity index is 1.58. The number of hydrogen-bond donors (Lipinski definition) is 0. The van der Waals surface area contributed by atoms with E-state index >= 15 is 0 Å². The van der Waals surface area contributed by atoms with Crippen molar-refractivity contribution in [3.05, 3.63) is 54.1 Å². The Morgan fingerprint density at radius 1 is 0.588 bits per heavy atom. The molecule has 0 atom stereocenters. The molecular weight excluding hydrogens is 412 g/mol. The van der Waals surface area contributed by atoms with E-state index in [1.807, 2.05) is 0 Å². The lowest BCUT2D eigenvalue weighted by Crippen LogP contribution is -2.37. The topological polar surface area (TPSA) is 8.81 Å². The highest BCUT2D eigenvalue weighted by atomic mass is 15.1. The van der Waals surface area contributed by atoms with Crippen molar-refractivity contribution in [2.45, 2.75) is 149 Å². The Kier molecular flexibility index (Phi) is 16.6. The quantitative estimate of drug-likeness (QED) is 0.120. The molecule has 34 heavy (non-hydrogen) atoms. The number of imidazole rings is 1. The van der Waals surface area contributed by atoms with Gasteiger partial charge in [-0.25, -0.2) is 9.13 Å². The van der Waals surface area contributed by atoms with Crippen LogP contribution in [0.25, 0.3) is 0 Å². The lowest BCUT2D eigenvalue weighted by atomic mass is 10.0. The minimum Gasteiger partial charge on any atom is -0.234 e. The van der Waals surface area contributed by atoms with Gasteiger partial charge in [0.1, 0.15) is 12.4 Å². The fourth-order valence-corrected chi connectivity index (χ4v) is 5.10. The summed E-state index contributed by atoms with van der Waals surface area (Å²) in [5.41, 5.74) is 1.46. The first kappa shape index (κ1) is 28.7. The summed E-state index contributed by atoms with van der Waals surface area (Å²) in [6, 6.07) is 10.9. The molecule has 0 amide bonds. The lowest BCUT2D eigenvalue weighted by Gasteiger charge is -2.06. The third-order valence-electron chi connectivity index (χ3n) is 7.30. The Morgan fingerprint density at radius 3 is 1.74 bits per heavy atom. The van der Waals surface area contributed by atoms with Crippen molar-refractivity contribution in [3.8, 4) is 0 Å². The van der Waals surface area contributed by atoms with Crippen molar-refractivity contribution in [2.75, 3.05) is 0 Å². The van der Waals surface area contributed by atoms with Gasteiger partial charge in [-0.1, -0.05) is 134 Å². The van der Waals surface area contributed by atoms with Crippen molar-refractivity contribution in [2.24, 2.45) is 0 Å². The summed E-state index contributed by atoms with van der Waals surface area (Å²) >= 11 is 0. The third kappa shape index (κ3) is 12.8. The first-order valence-electron chi connectivity index (χ1n) is 15.0. The van der Waals surface area contributed by atoms with E-state index in [4.69, 9.17) is 0 Å². The van der Waals surface area contributed by atoms with E-state index in [9.17, 15) is 0 Å². The maximum atomic E-state index is 2.54. The van der Waals surface area contributed by atoms with Crippen molar-refractivity contribution in [1.82, 2.24) is 4.57 Å². The van der Waals surface area contributed by atoms with Crippen molar-refractivity contribution < 1.29 is 4.57 Å². The summed E-state index contributed by atoms with van der Waals surface area (Å²) < 4.78 is 5.08. The Morgan fingerprint density at radius 2 is 1.15 bits per heavy atom. The van der Waals surface area contributed by atoms with Crippen LogP contribution in [0.1, 0.15) is 134 Å². The molecule has 0 radical (unpaired) electrons. The molecule has 1 heterocycles. The van der Waals surface area contributed by atoms with Gasteiger partial charge in [0.05, 0.1) is 13.1 Å². The second-order valence-corrected chi connectivity index (χ2v) is 10.4. The molecule has 0 unspecified atom stereocenters. The van der Waals surface area contributed by atoms with Gasteiger partial charge in [-0.3, -0.25) is 0 Å². The number of rotatable bonds is 22. The fourth-order valence-electron chi connectivity index (χ4n) is 5.10. The average Bonchev–Trinajstić information content (AvgIpc) is 3.25. The highest BCUT2D eigenvalue weighted by molar-refractivity contribution is 5.14. The van der Waals surface area contributed by atoms with Crippen LogP contribution < -0.4 is 4.57 Å². The molecule has 2 rings (SSSR count). The van der Waals surface area contributed by atoms with Crippen LogP contribution in [-0.4, -0.2) is 4.57 Å². The molecule has 0 N–H and O–H groups in total. The smallest absolute Gasteiger partial charge is 0.234 e. The van der Waals surface area contributed by atoms with Crippen LogP contribution in [0.3, 0.4) is 0 Å². The van der Waals surface area contributed by atoms with E-state index in [1.54, 1.807) is 5.82 Å². The van der Waals surface area contributed by atoms with Gasteiger partial charge in [-0.05, 0) is 31.2 Å². The number of aryl methyl sites for hydroxylation is 3. The molecule has 0 bridgehead atoms. The number of unbranched alkanes of at least 4 members (excludes halogenated alkanes) is 14. The molecule has 0 spiro atoms. The van der Waals surface area contributed by atoms with Gasteiger partial charge >= 0.3 is 0 Å². The van der Waals surface area contributed by atoms with Crippen LogP contribution in [-0.2, 0) is 25.9 Å². The molecule has 0 saturated carbocycles. The normalized spacial score (nSPS) is 11.4. The first-order chi connectivity index (χ1) is 16.8. The summed E-state index contributed by atoms with van der Waals surface area (Å²) in [5, 5.41) is 0. The van der Waals surface area contributed by atoms with Crippen LogP contribution in [0, 0.1) is 0 Å². The van der Waals surface area contributed by atoms with Gasteiger partial charge in [0, 0.05) is 6.42 Å². The average molecular weight is 468 g/mol. The maximum absolute atomic E-state index is 2.54. The molecule has 1 aromatic heterocycles. The molecule has 0 aliphatic heterocycles. The van der Waals surface area contributed by atoms with E-state index in [0.717, 1.165) is 6.54 Å². The minimum absolute atomic E-state index is 1.14. The highest BCUT2D eigenvalue weighted by Crippen LogP contribution is 2.14. The fraction of sp³-hybridized carbons (Fsp3) is 0.719. The molecule has 0 saturated heterocycles. The standard InChI is InChI=1S/C32H55N2/c1-3-5-7-8-9-10-11-12-13-14-15-16-17-21-26-32-33(27-6-4-2)29-30-34(32)28-22-25-31-23-19-18-20-24-31/h18-20,23-24,29-30H,3-17,21-22,25-28H2,1-2H3/q+1. The summed E-state index contributed by atoms with van der Waals surface area (Å²) in [6.07, 6.45) is 30.9. The number of aromatic nitrogens is 2. The van der Waals surface area contributed by atoms with Gasteiger partial charge in [0.2, 0.25) is 0 Å². The molecule has 0 aliphatic rings. The van der Waals surface area contributed by atoms with Crippen molar-refractivity contribution in [1.29, 1.82) is 0 Å². The summed E-state index contributed by atoms with van der Waals surface area (Å²) in [4.78, 5) is 0. The van der Waals surface area contributed by atoms with Crippen LogP contribution in [0.2, 0.25) is 0 Å². The van der Waals surface area contributed by atoms with Crippen LogP contribution in [0.15, 0.2) is 42.7 Å². The monoisotopic (exact) mass is 467 g/mol. The number of hydrogen-bond acceptors (Lipinski definition) is 0. The second kappa shape index (κ2) is 19.7. The largest absolute Gasteiger partial charge is 0.256 e. The van der Waals surface area contributed by atoms with Crippen LogP contribution >= 0.6 is 0 Å². The van der Waals surface area contributed by atoms with E-state index in [2.05, 4.69) is 65.7 Å². The van der Waals surface area contributed by atoms with Crippen LogP contribution in [0.5, 0.6) is 0 Å². The van der Waals surface area contributed by atoms with Gasteiger partial charge in [0.15, 0.2) is 0 Å². The summed E-state index contributed by atoms with van der Waals surface area (Å²) in [5.74, 6) is 1.56.